The number of methoxy groups -OCH3 is 1. The summed E-state index contributed by atoms with van der Waals surface area (Å²) in [6.07, 6.45) is 0.795. The van der Waals surface area contributed by atoms with E-state index in [1.165, 1.54) is 0 Å². The number of hydrogen-bond acceptors (Lipinski definition) is 3. The molecule has 0 aromatic heterocycles. The van der Waals surface area contributed by atoms with Gasteiger partial charge in [0.2, 0.25) is 0 Å². The summed E-state index contributed by atoms with van der Waals surface area (Å²) in [7, 11) is 1.65. The molecule has 1 aliphatic rings. The Balaban J connectivity index is 1.79. The van der Waals surface area contributed by atoms with Gasteiger partial charge in [0.05, 0.1) is 13.2 Å². The van der Waals surface area contributed by atoms with Crippen LogP contribution >= 0.6 is 23.8 Å². The van der Waals surface area contributed by atoms with Crippen LogP contribution in [-0.2, 0) is 0 Å². The summed E-state index contributed by atoms with van der Waals surface area (Å²) in [5.74, 6) is 1.59. The van der Waals surface area contributed by atoms with Crippen molar-refractivity contribution in [2.45, 2.75) is 31.9 Å². The maximum absolute atomic E-state index is 6.11. The first-order valence-electron chi connectivity index (χ1n) is 8.06. The Morgan fingerprint density at radius 3 is 2.80 bits per heavy atom. The molecule has 1 atom stereocenters. The molecular formula is C19H21ClN2O2S. The van der Waals surface area contributed by atoms with E-state index >= 15 is 0 Å². The van der Waals surface area contributed by atoms with E-state index in [0.717, 1.165) is 29.2 Å². The number of ether oxygens (including phenoxy) is 2. The van der Waals surface area contributed by atoms with E-state index in [9.17, 15) is 0 Å². The second kappa shape index (κ2) is 7.10. The molecule has 4 nitrogen and oxygen atoms in total. The van der Waals surface area contributed by atoms with Crippen molar-refractivity contribution in [3.05, 3.63) is 53.1 Å². The monoisotopic (exact) mass is 376 g/mol. The van der Waals surface area contributed by atoms with Crippen LogP contribution in [0.1, 0.15) is 31.9 Å². The number of halogens is 1. The van der Waals surface area contributed by atoms with Crippen molar-refractivity contribution in [1.29, 1.82) is 0 Å². The minimum Gasteiger partial charge on any atom is -0.497 e. The normalized spacial score (nSPS) is 17.8. The molecular weight excluding hydrogens is 356 g/mol. The number of thiocarbonyl (C=S) groups is 1. The van der Waals surface area contributed by atoms with Crippen LogP contribution in [-0.4, -0.2) is 17.8 Å². The number of fused-ring (bicyclic) bond motifs is 1. The average Bonchev–Trinajstić information content (AvgIpc) is 2.53. The van der Waals surface area contributed by atoms with E-state index in [0.29, 0.717) is 10.1 Å². The SMILES string of the molecule is COc1ccc2c(c1)OC(C)(C)C[C@@H]2NC(=S)Nc1cccc(Cl)c1. The van der Waals surface area contributed by atoms with Crippen LogP contribution in [0.5, 0.6) is 11.5 Å². The van der Waals surface area contributed by atoms with Crippen LogP contribution in [0.3, 0.4) is 0 Å². The molecule has 0 fully saturated rings. The van der Waals surface area contributed by atoms with Crippen molar-refractivity contribution in [2.24, 2.45) is 0 Å². The molecule has 6 heteroatoms. The highest BCUT2D eigenvalue weighted by Gasteiger charge is 2.34. The third-order valence-electron chi connectivity index (χ3n) is 4.07. The largest absolute Gasteiger partial charge is 0.497 e. The van der Waals surface area contributed by atoms with Crippen LogP contribution < -0.4 is 20.1 Å². The van der Waals surface area contributed by atoms with Crippen molar-refractivity contribution in [2.75, 3.05) is 12.4 Å². The molecule has 132 valence electrons. The minimum atomic E-state index is -0.303. The van der Waals surface area contributed by atoms with Crippen LogP contribution in [0.4, 0.5) is 5.69 Å². The summed E-state index contributed by atoms with van der Waals surface area (Å²) in [4.78, 5) is 0. The second-order valence-corrected chi connectivity index (χ2v) is 7.48. The Bertz CT molecular complexity index is 795. The Morgan fingerprint density at radius 2 is 2.08 bits per heavy atom. The zero-order valence-electron chi connectivity index (χ0n) is 14.4. The average molecular weight is 377 g/mol. The van der Waals surface area contributed by atoms with Gasteiger partial charge >= 0.3 is 0 Å². The number of nitrogens with one attached hydrogen (secondary N) is 2. The maximum atomic E-state index is 6.11. The van der Waals surface area contributed by atoms with Gasteiger partial charge < -0.3 is 20.1 Å². The number of rotatable bonds is 3. The molecule has 0 bridgehead atoms. The van der Waals surface area contributed by atoms with Crippen LogP contribution in [0, 0.1) is 0 Å². The molecule has 0 radical (unpaired) electrons. The van der Waals surface area contributed by atoms with Crippen molar-refractivity contribution in [3.63, 3.8) is 0 Å². The second-order valence-electron chi connectivity index (χ2n) is 6.63. The van der Waals surface area contributed by atoms with Gasteiger partial charge in [0.1, 0.15) is 17.1 Å². The summed E-state index contributed by atoms with van der Waals surface area (Å²) in [6, 6.07) is 13.4. The predicted molar refractivity (Wildman–Crippen MR) is 106 cm³/mol. The maximum Gasteiger partial charge on any atom is 0.171 e. The molecule has 0 saturated carbocycles. The Hall–Kier alpha value is -1.98. The summed E-state index contributed by atoms with van der Waals surface area (Å²) in [5.41, 5.74) is 1.62. The van der Waals surface area contributed by atoms with Gasteiger partial charge in [0.25, 0.3) is 0 Å². The lowest BCUT2D eigenvalue weighted by molar-refractivity contribution is 0.0693. The first-order valence-corrected chi connectivity index (χ1v) is 8.85. The van der Waals surface area contributed by atoms with Crippen LogP contribution in [0.2, 0.25) is 5.02 Å². The topological polar surface area (TPSA) is 42.5 Å². The van der Waals surface area contributed by atoms with Crippen molar-refractivity contribution >= 4 is 34.6 Å². The Morgan fingerprint density at radius 1 is 1.28 bits per heavy atom. The fourth-order valence-corrected chi connectivity index (χ4v) is 3.43. The zero-order valence-corrected chi connectivity index (χ0v) is 16.0. The van der Waals surface area contributed by atoms with Gasteiger partial charge in [-0.25, -0.2) is 0 Å². The molecule has 0 amide bonds. The van der Waals surface area contributed by atoms with Crippen molar-refractivity contribution < 1.29 is 9.47 Å². The summed E-state index contributed by atoms with van der Waals surface area (Å²) in [5, 5.41) is 7.79. The summed E-state index contributed by atoms with van der Waals surface area (Å²) < 4.78 is 11.4. The molecule has 25 heavy (non-hydrogen) atoms. The van der Waals surface area contributed by atoms with Crippen molar-refractivity contribution in [1.82, 2.24) is 5.32 Å². The lowest BCUT2D eigenvalue weighted by Gasteiger charge is -2.38. The molecule has 2 aromatic carbocycles. The smallest absolute Gasteiger partial charge is 0.171 e. The number of anilines is 1. The third kappa shape index (κ3) is 4.35. The highest BCUT2D eigenvalue weighted by Crippen LogP contribution is 2.41. The van der Waals surface area contributed by atoms with E-state index in [1.54, 1.807) is 7.11 Å². The first-order chi connectivity index (χ1) is 11.9. The van der Waals surface area contributed by atoms with Gasteiger partial charge in [0, 0.05) is 28.8 Å². The van der Waals surface area contributed by atoms with Gasteiger partial charge in [-0.3, -0.25) is 0 Å². The zero-order chi connectivity index (χ0) is 18.0. The quantitative estimate of drug-likeness (QED) is 0.743. The van der Waals surface area contributed by atoms with Gasteiger partial charge in [-0.2, -0.15) is 0 Å². The highest BCUT2D eigenvalue weighted by molar-refractivity contribution is 7.80. The molecule has 0 unspecified atom stereocenters. The van der Waals surface area contributed by atoms with E-state index < -0.39 is 0 Å². The van der Waals surface area contributed by atoms with E-state index in [-0.39, 0.29) is 11.6 Å². The lowest BCUT2D eigenvalue weighted by atomic mass is 9.89. The molecule has 1 heterocycles. The molecule has 1 aliphatic heterocycles. The van der Waals surface area contributed by atoms with E-state index in [4.69, 9.17) is 33.3 Å². The number of benzene rings is 2. The van der Waals surface area contributed by atoms with Crippen LogP contribution in [0.15, 0.2) is 42.5 Å². The molecule has 0 spiro atoms. The Labute approximate surface area is 158 Å². The van der Waals surface area contributed by atoms with E-state index in [1.807, 2.05) is 42.5 Å². The third-order valence-corrected chi connectivity index (χ3v) is 4.52. The molecule has 2 aromatic rings. The molecule has 2 N–H and O–H groups in total. The standard InChI is InChI=1S/C19H21ClN2O2S/c1-19(2)11-16(15-8-7-14(23-3)10-17(15)24-19)22-18(25)21-13-6-4-5-12(20)9-13/h4-10,16H,11H2,1-3H3,(H2,21,22,25)/t16-/m0/s1. The fraction of sp³-hybridized carbons (Fsp3) is 0.316. The lowest BCUT2D eigenvalue weighted by Crippen LogP contribution is -2.42. The van der Waals surface area contributed by atoms with Gasteiger partial charge in [-0.05, 0) is 56.4 Å². The van der Waals surface area contributed by atoms with Gasteiger partial charge in [-0.1, -0.05) is 17.7 Å². The van der Waals surface area contributed by atoms with Gasteiger partial charge in [0.15, 0.2) is 5.11 Å². The van der Waals surface area contributed by atoms with Crippen LogP contribution in [0.25, 0.3) is 0 Å². The number of hydrogen-bond donors (Lipinski definition) is 2. The summed E-state index contributed by atoms with van der Waals surface area (Å²) >= 11 is 11.5. The highest BCUT2D eigenvalue weighted by atomic mass is 35.5. The minimum absolute atomic E-state index is 0.0452. The molecule has 3 rings (SSSR count). The van der Waals surface area contributed by atoms with E-state index in [2.05, 4.69) is 24.5 Å². The van der Waals surface area contributed by atoms with Gasteiger partial charge in [-0.15, -0.1) is 0 Å². The molecule has 0 aliphatic carbocycles. The first kappa shape index (κ1) is 17.8. The van der Waals surface area contributed by atoms with Crippen molar-refractivity contribution in [3.8, 4) is 11.5 Å². The predicted octanol–water partition coefficient (Wildman–Crippen LogP) is 4.94. The fourth-order valence-electron chi connectivity index (χ4n) is 2.98. The molecule has 0 saturated heterocycles. The Kier molecular flexibility index (Phi) is 5.06. The summed E-state index contributed by atoms with van der Waals surface area (Å²) in [6.45, 7) is 4.13.